The van der Waals surface area contributed by atoms with E-state index in [2.05, 4.69) is 44.4 Å². The van der Waals surface area contributed by atoms with Gasteiger partial charge >= 0.3 is 5.97 Å². The first-order chi connectivity index (χ1) is 24.5. The van der Waals surface area contributed by atoms with Crippen molar-refractivity contribution in [1.82, 2.24) is 9.80 Å². The Morgan fingerprint density at radius 2 is 1.65 bits per heavy atom. The van der Waals surface area contributed by atoms with Crippen LogP contribution in [0, 0.1) is 50.7 Å². The summed E-state index contributed by atoms with van der Waals surface area (Å²) in [7, 11) is 0. The van der Waals surface area contributed by atoms with E-state index >= 15 is 0 Å². The molecule has 52 heavy (non-hydrogen) atoms. The summed E-state index contributed by atoms with van der Waals surface area (Å²) >= 11 is 0. The first kappa shape index (κ1) is 36.8. The number of morpholine rings is 1. The highest BCUT2D eigenvalue weighted by atomic mass is 16.7. The molecule has 9 fully saturated rings. The summed E-state index contributed by atoms with van der Waals surface area (Å²) < 4.78 is 31.4. The molecule has 4 heterocycles. The molecule has 4 aliphatic heterocycles. The molecular formula is C42H68N2O8. The Bertz CT molecular complexity index is 1410. The third-order valence-electron chi connectivity index (χ3n) is 18.0. The van der Waals surface area contributed by atoms with Gasteiger partial charge in [0.15, 0.2) is 12.4 Å². The maximum atomic E-state index is 12.6. The van der Waals surface area contributed by atoms with Crippen molar-refractivity contribution in [3.8, 4) is 0 Å². The Morgan fingerprint density at radius 3 is 2.33 bits per heavy atom. The van der Waals surface area contributed by atoms with Crippen LogP contribution >= 0.6 is 0 Å². The molecule has 0 radical (unpaired) electrons. The largest absolute Gasteiger partial charge is 0.457 e. The van der Waals surface area contributed by atoms with E-state index in [9.17, 15) is 15.0 Å². The summed E-state index contributed by atoms with van der Waals surface area (Å²) in [6.45, 7) is 23.6. The van der Waals surface area contributed by atoms with Crippen LogP contribution in [-0.2, 0) is 28.5 Å². The van der Waals surface area contributed by atoms with Crippen molar-refractivity contribution in [1.29, 1.82) is 0 Å². The van der Waals surface area contributed by atoms with E-state index < -0.39 is 29.9 Å². The van der Waals surface area contributed by atoms with Crippen molar-refractivity contribution in [2.24, 2.45) is 50.7 Å². The number of ether oxygens (including phenoxy) is 5. The molecule has 9 aliphatic rings. The van der Waals surface area contributed by atoms with Crippen LogP contribution in [0.5, 0.6) is 0 Å². The minimum atomic E-state index is -1.25. The second-order valence-electron chi connectivity index (χ2n) is 21.0. The molecule has 2 spiro atoms. The fourth-order valence-electron chi connectivity index (χ4n) is 15.3. The van der Waals surface area contributed by atoms with Crippen LogP contribution in [0.4, 0.5) is 0 Å². The Kier molecular flexibility index (Phi) is 8.54. The highest BCUT2D eigenvalue weighted by Gasteiger charge is 2.84. The summed E-state index contributed by atoms with van der Waals surface area (Å²) in [5.74, 6) is 1.12. The van der Waals surface area contributed by atoms with E-state index in [1.54, 1.807) is 13.8 Å². The van der Waals surface area contributed by atoms with Gasteiger partial charge in [-0.05, 0) is 111 Å². The monoisotopic (exact) mass is 728 g/mol. The molecule has 4 saturated heterocycles. The van der Waals surface area contributed by atoms with Gasteiger partial charge in [-0.15, -0.1) is 0 Å². The quantitative estimate of drug-likeness (QED) is 0.361. The van der Waals surface area contributed by atoms with Crippen LogP contribution in [-0.4, -0.2) is 126 Å². The van der Waals surface area contributed by atoms with Crippen LogP contribution in [0.25, 0.3) is 0 Å². The zero-order chi connectivity index (χ0) is 36.8. The normalized spacial score (nSPS) is 51.1. The van der Waals surface area contributed by atoms with E-state index in [0.29, 0.717) is 35.8 Å². The summed E-state index contributed by atoms with van der Waals surface area (Å²) in [6.07, 6.45) is 6.79. The molecule has 0 aromatic rings. The predicted molar refractivity (Wildman–Crippen MR) is 194 cm³/mol. The highest BCUT2D eigenvalue weighted by molar-refractivity contribution is 5.66. The molecule has 0 aromatic carbocycles. The van der Waals surface area contributed by atoms with E-state index in [-0.39, 0.29) is 52.0 Å². The van der Waals surface area contributed by atoms with Crippen molar-refractivity contribution in [2.75, 3.05) is 46.0 Å². The molecule has 10 nitrogen and oxygen atoms in total. The first-order valence-electron chi connectivity index (χ1n) is 21.0. The summed E-state index contributed by atoms with van der Waals surface area (Å²) in [5.41, 5.74) is -0.957. The molecule has 5 aliphatic carbocycles. The maximum absolute atomic E-state index is 12.6. The Hall–Kier alpha value is -0.850. The fraction of sp³-hybridized carbons (Fsp3) is 0.976. The van der Waals surface area contributed by atoms with Gasteiger partial charge in [-0.1, -0.05) is 34.6 Å². The van der Waals surface area contributed by atoms with Gasteiger partial charge in [-0.2, -0.15) is 0 Å². The van der Waals surface area contributed by atoms with E-state index in [1.807, 2.05) is 0 Å². The van der Waals surface area contributed by atoms with Gasteiger partial charge in [-0.3, -0.25) is 14.6 Å². The molecule has 0 aromatic heterocycles. The number of rotatable bonds is 7. The van der Waals surface area contributed by atoms with Gasteiger partial charge in [0.05, 0.1) is 55.9 Å². The van der Waals surface area contributed by atoms with Crippen molar-refractivity contribution < 1.29 is 38.7 Å². The Balaban J connectivity index is 0.908. The predicted octanol–water partition coefficient (Wildman–Crippen LogP) is 4.63. The topological polar surface area (TPSA) is 110 Å². The van der Waals surface area contributed by atoms with Crippen LogP contribution < -0.4 is 0 Å². The van der Waals surface area contributed by atoms with Crippen LogP contribution in [0.2, 0.25) is 0 Å². The lowest BCUT2D eigenvalue weighted by atomic mass is 9.41. The summed E-state index contributed by atoms with van der Waals surface area (Å²) in [4.78, 5) is 17.3. The minimum absolute atomic E-state index is 0.0491. The van der Waals surface area contributed by atoms with E-state index in [0.717, 1.165) is 65.3 Å². The maximum Gasteiger partial charge on any atom is 0.303 e. The number of aliphatic hydroxyl groups is 2. The van der Waals surface area contributed by atoms with Crippen molar-refractivity contribution >= 4 is 5.97 Å². The number of carbonyl (C=O) groups excluding carboxylic acids is 1. The van der Waals surface area contributed by atoms with Crippen LogP contribution in [0.1, 0.15) is 107 Å². The second kappa shape index (κ2) is 12.1. The van der Waals surface area contributed by atoms with Gasteiger partial charge < -0.3 is 33.9 Å². The second-order valence-corrected chi connectivity index (χ2v) is 21.0. The Labute approximate surface area is 311 Å². The van der Waals surface area contributed by atoms with E-state index in [4.69, 9.17) is 23.7 Å². The number of hydrogen-bond acceptors (Lipinski definition) is 10. The molecule has 2 N–H and O–H groups in total. The molecule has 5 unspecified atom stereocenters. The SMILES string of the molecule is CC(=O)O[C@@H](C1C[C@@H](C)[C@H]2C(O1)[C@H](O)[C@@]1(C)C3CC[C@H]4C(C)(C)[C@@H](O[C@H]5CN(C6CN(C7COC7)C6)CCO5)CCC45CC35CC[C@]21C)C(C)(C)O. The number of fused-ring (bicyclic) bond motifs is 4. The van der Waals surface area contributed by atoms with Crippen LogP contribution in [0.3, 0.4) is 0 Å². The zero-order valence-corrected chi connectivity index (χ0v) is 33.3. The number of carbonyl (C=O) groups is 1. The molecular weight excluding hydrogens is 660 g/mol. The number of likely N-dealkylation sites (tertiary alicyclic amines) is 1. The van der Waals surface area contributed by atoms with Gasteiger partial charge in [-0.25, -0.2) is 0 Å². The van der Waals surface area contributed by atoms with Crippen molar-refractivity contribution in [3.63, 3.8) is 0 Å². The van der Waals surface area contributed by atoms with Gasteiger partial charge in [0.25, 0.3) is 0 Å². The molecule has 0 bridgehead atoms. The minimum Gasteiger partial charge on any atom is -0.457 e. The van der Waals surface area contributed by atoms with Crippen LogP contribution in [0.15, 0.2) is 0 Å². The van der Waals surface area contributed by atoms with E-state index in [1.165, 1.54) is 32.6 Å². The third kappa shape index (κ3) is 4.99. The standard InChI is InChI=1S/C42H68N2O8/c1-24-17-28(36(38(5,6)47)50-25(2)45)51-34-33(24)39(7)13-14-42-23-41(42)12-11-31(37(3,4)29(41)9-10-30(42)40(39,8)35(34)46)52-32-20-43(15-16-49-32)26-18-44(19-26)27-21-48-22-27/h24,26-36,46-47H,9-23H2,1-8H3/t24-,28?,29+,30?,31+,32+,33+,34?,35+,36+,39-,40-,41?,42?/m1/s1. The molecule has 10 heteroatoms. The average Bonchev–Trinajstić information content (AvgIpc) is 3.66. The molecule has 9 rings (SSSR count). The lowest BCUT2D eigenvalue weighted by Crippen LogP contribution is -2.68. The molecule has 294 valence electrons. The summed E-state index contributed by atoms with van der Waals surface area (Å²) in [5, 5.41) is 23.7. The summed E-state index contributed by atoms with van der Waals surface area (Å²) in [6, 6.07) is 1.22. The number of hydrogen-bond donors (Lipinski definition) is 2. The van der Waals surface area contributed by atoms with Crippen molar-refractivity contribution in [2.45, 2.75) is 161 Å². The van der Waals surface area contributed by atoms with Gasteiger partial charge in [0.2, 0.25) is 0 Å². The number of aliphatic hydroxyl groups excluding tert-OH is 1. The highest BCUT2D eigenvalue weighted by Crippen LogP contribution is 2.89. The zero-order valence-electron chi connectivity index (χ0n) is 33.3. The Morgan fingerprint density at radius 1 is 0.942 bits per heavy atom. The number of esters is 1. The molecule has 5 saturated carbocycles. The number of nitrogens with zero attached hydrogens (tertiary/aromatic N) is 2. The average molecular weight is 729 g/mol. The lowest BCUT2D eigenvalue weighted by Gasteiger charge is -2.64. The first-order valence-corrected chi connectivity index (χ1v) is 21.0. The van der Waals surface area contributed by atoms with Crippen molar-refractivity contribution in [3.05, 3.63) is 0 Å². The smallest absolute Gasteiger partial charge is 0.303 e. The van der Waals surface area contributed by atoms with Gasteiger partial charge in [0.1, 0.15) is 0 Å². The molecule has 14 atom stereocenters. The lowest BCUT2D eigenvalue weighted by molar-refractivity contribution is -0.254. The molecule has 0 amide bonds. The fourth-order valence-corrected chi connectivity index (χ4v) is 15.3. The third-order valence-corrected chi connectivity index (χ3v) is 18.0. The van der Waals surface area contributed by atoms with Gasteiger partial charge in [0, 0.05) is 44.6 Å².